The van der Waals surface area contributed by atoms with Crippen molar-refractivity contribution < 1.29 is 13.2 Å². The van der Waals surface area contributed by atoms with Crippen LogP contribution in [0, 0.1) is 12.3 Å². The lowest BCUT2D eigenvalue weighted by atomic mass is 10.1. The summed E-state index contributed by atoms with van der Waals surface area (Å²) in [4.78, 5) is 12.3. The highest BCUT2D eigenvalue weighted by Crippen LogP contribution is 2.45. The Hall–Kier alpha value is -1.36. The van der Waals surface area contributed by atoms with Crippen LogP contribution >= 0.6 is 0 Å². The number of sulfone groups is 1. The highest BCUT2D eigenvalue weighted by atomic mass is 32.2. The fourth-order valence-electron chi connectivity index (χ4n) is 1.93. The van der Waals surface area contributed by atoms with Gasteiger partial charge in [0.1, 0.15) is 0 Å². The molecule has 104 valence electrons. The van der Waals surface area contributed by atoms with E-state index in [1.165, 1.54) is 0 Å². The molecule has 1 saturated carbocycles. The van der Waals surface area contributed by atoms with E-state index in [-0.39, 0.29) is 17.1 Å². The molecule has 0 aromatic heterocycles. The van der Waals surface area contributed by atoms with Gasteiger partial charge in [-0.15, -0.1) is 0 Å². The molecule has 0 radical (unpaired) electrons. The molecule has 0 bridgehead atoms. The minimum absolute atomic E-state index is 0.0120. The summed E-state index contributed by atoms with van der Waals surface area (Å²) in [5.41, 5.74) is 1.09. The van der Waals surface area contributed by atoms with E-state index >= 15 is 0 Å². The van der Waals surface area contributed by atoms with Crippen LogP contribution in [0.5, 0.6) is 0 Å². The summed E-state index contributed by atoms with van der Waals surface area (Å²) >= 11 is 0. The van der Waals surface area contributed by atoms with Crippen LogP contribution in [0.25, 0.3) is 0 Å². The molecule has 1 aromatic carbocycles. The SMILES string of the molecule is CCS(=O)(=O)c1ccc(NC(=O)C2(C)CC2)cc1C. The topological polar surface area (TPSA) is 63.2 Å². The molecule has 1 aromatic rings. The van der Waals surface area contributed by atoms with Gasteiger partial charge >= 0.3 is 0 Å². The molecule has 4 nitrogen and oxygen atoms in total. The van der Waals surface area contributed by atoms with E-state index in [1.807, 2.05) is 6.92 Å². The zero-order valence-electron chi connectivity index (χ0n) is 11.5. The zero-order chi connectivity index (χ0) is 14.3. The van der Waals surface area contributed by atoms with Gasteiger partial charge in [-0.1, -0.05) is 13.8 Å². The van der Waals surface area contributed by atoms with Crippen LogP contribution in [0.4, 0.5) is 5.69 Å². The molecule has 1 aliphatic rings. The fourth-order valence-corrected chi connectivity index (χ4v) is 3.06. The Morgan fingerprint density at radius 2 is 2.00 bits per heavy atom. The number of carbonyl (C=O) groups is 1. The highest BCUT2D eigenvalue weighted by molar-refractivity contribution is 7.91. The second kappa shape index (κ2) is 4.63. The van der Waals surface area contributed by atoms with E-state index < -0.39 is 9.84 Å². The Kier molecular flexibility index (Phi) is 3.43. The van der Waals surface area contributed by atoms with Crippen LogP contribution in [0.1, 0.15) is 32.3 Å². The smallest absolute Gasteiger partial charge is 0.230 e. The monoisotopic (exact) mass is 281 g/mol. The maximum Gasteiger partial charge on any atom is 0.230 e. The number of nitrogens with one attached hydrogen (secondary N) is 1. The van der Waals surface area contributed by atoms with Gasteiger partial charge in [0.15, 0.2) is 9.84 Å². The lowest BCUT2D eigenvalue weighted by Gasteiger charge is -2.12. The second-order valence-corrected chi connectivity index (χ2v) is 7.65. The summed E-state index contributed by atoms with van der Waals surface area (Å²) in [6.07, 6.45) is 1.83. The third-order valence-electron chi connectivity index (χ3n) is 3.70. The molecule has 5 heteroatoms. The number of hydrogen-bond donors (Lipinski definition) is 1. The first-order valence-electron chi connectivity index (χ1n) is 6.43. The van der Waals surface area contributed by atoms with Gasteiger partial charge in [0.2, 0.25) is 5.91 Å². The van der Waals surface area contributed by atoms with Gasteiger partial charge in [-0.05, 0) is 43.5 Å². The van der Waals surface area contributed by atoms with Gasteiger partial charge in [0.05, 0.1) is 10.6 Å². The number of benzene rings is 1. The molecule has 1 aliphatic carbocycles. The number of rotatable bonds is 4. The standard InChI is InChI=1S/C14H19NO3S/c1-4-19(17,18)12-6-5-11(9-10(12)2)15-13(16)14(3)7-8-14/h5-6,9H,4,7-8H2,1-3H3,(H,15,16). The summed E-state index contributed by atoms with van der Waals surface area (Å²) in [6, 6.07) is 4.93. The molecule has 0 spiro atoms. The van der Waals surface area contributed by atoms with E-state index in [2.05, 4.69) is 5.32 Å². The molecule has 0 heterocycles. The summed E-state index contributed by atoms with van der Waals surface area (Å²) in [6.45, 7) is 5.31. The van der Waals surface area contributed by atoms with Gasteiger partial charge in [-0.3, -0.25) is 4.79 Å². The van der Waals surface area contributed by atoms with Crippen molar-refractivity contribution in [2.75, 3.05) is 11.1 Å². The summed E-state index contributed by atoms with van der Waals surface area (Å²) in [5, 5.41) is 2.85. The average Bonchev–Trinajstić information content (AvgIpc) is 3.08. The number of aryl methyl sites for hydroxylation is 1. The third kappa shape index (κ3) is 2.81. The van der Waals surface area contributed by atoms with Crippen molar-refractivity contribution in [3.8, 4) is 0 Å². The molecule has 1 fully saturated rings. The average molecular weight is 281 g/mol. The number of hydrogen-bond acceptors (Lipinski definition) is 3. The number of anilines is 1. The first kappa shape index (κ1) is 14.1. The normalized spacial score (nSPS) is 17.0. The Morgan fingerprint density at radius 3 is 2.47 bits per heavy atom. The maximum absolute atomic E-state index is 11.9. The maximum atomic E-state index is 11.9. The van der Waals surface area contributed by atoms with Crippen molar-refractivity contribution in [2.24, 2.45) is 5.41 Å². The molecule has 0 atom stereocenters. The minimum atomic E-state index is -3.20. The van der Waals surface area contributed by atoms with Crippen molar-refractivity contribution in [3.05, 3.63) is 23.8 Å². The van der Waals surface area contributed by atoms with Crippen LogP contribution in [-0.4, -0.2) is 20.1 Å². The lowest BCUT2D eigenvalue weighted by Crippen LogP contribution is -2.21. The van der Waals surface area contributed by atoms with E-state index in [4.69, 9.17) is 0 Å². The van der Waals surface area contributed by atoms with Gasteiger partial charge in [0, 0.05) is 11.1 Å². The Morgan fingerprint density at radius 1 is 1.37 bits per heavy atom. The molecule has 0 unspecified atom stereocenters. The van der Waals surface area contributed by atoms with Crippen molar-refractivity contribution in [3.63, 3.8) is 0 Å². The van der Waals surface area contributed by atoms with Crippen LogP contribution in [0.2, 0.25) is 0 Å². The first-order chi connectivity index (χ1) is 8.78. The van der Waals surface area contributed by atoms with Crippen LogP contribution in [0.15, 0.2) is 23.1 Å². The Bertz CT molecular complexity index is 616. The fraction of sp³-hybridized carbons (Fsp3) is 0.500. The van der Waals surface area contributed by atoms with E-state index in [0.717, 1.165) is 12.8 Å². The quantitative estimate of drug-likeness (QED) is 0.922. The van der Waals surface area contributed by atoms with Crippen LogP contribution in [0.3, 0.4) is 0 Å². The van der Waals surface area contributed by atoms with Crippen molar-refractivity contribution in [2.45, 2.75) is 38.5 Å². The molecular weight excluding hydrogens is 262 g/mol. The molecule has 0 aliphatic heterocycles. The highest BCUT2D eigenvalue weighted by Gasteiger charge is 2.44. The summed E-state index contributed by atoms with van der Waals surface area (Å²) in [7, 11) is -3.20. The predicted octanol–water partition coefficient (Wildman–Crippen LogP) is 2.53. The number of amides is 1. The van der Waals surface area contributed by atoms with E-state index in [9.17, 15) is 13.2 Å². The van der Waals surface area contributed by atoms with Gasteiger partial charge < -0.3 is 5.32 Å². The predicted molar refractivity (Wildman–Crippen MR) is 74.9 cm³/mol. The molecular formula is C14H19NO3S. The van der Waals surface area contributed by atoms with Gasteiger partial charge in [-0.2, -0.15) is 0 Å². The third-order valence-corrected chi connectivity index (χ3v) is 5.58. The van der Waals surface area contributed by atoms with E-state index in [0.29, 0.717) is 16.1 Å². The largest absolute Gasteiger partial charge is 0.326 e. The van der Waals surface area contributed by atoms with Gasteiger partial charge in [-0.25, -0.2) is 8.42 Å². The van der Waals surface area contributed by atoms with Crippen molar-refractivity contribution in [1.29, 1.82) is 0 Å². The Balaban J connectivity index is 2.22. The second-order valence-electron chi connectivity index (χ2n) is 5.40. The van der Waals surface area contributed by atoms with E-state index in [1.54, 1.807) is 32.0 Å². The number of carbonyl (C=O) groups excluding carboxylic acids is 1. The summed E-state index contributed by atoms with van der Waals surface area (Å²) < 4.78 is 23.7. The molecule has 1 amide bonds. The van der Waals surface area contributed by atoms with Gasteiger partial charge in [0.25, 0.3) is 0 Å². The summed E-state index contributed by atoms with van der Waals surface area (Å²) in [5.74, 6) is 0.0930. The van der Waals surface area contributed by atoms with Crippen molar-refractivity contribution in [1.82, 2.24) is 0 Å². The lowest BCUT2D eigenvalue weighted by molar-refractivity contribution is -0.120. The molecule has 2 rings (SSSR count). The van der Waals surface area contributed by atoms with Crippen LogP contribution < -0.4 is 5.32 Å². The van der Waals surface area contributed by atoms with Crippen LogP contribution in [-0.2, 0) is 14.6 Å². The molecule has 1 N–H and O–H groups in total. The van der Waals surface area contributed by atoms with Crippen molar-refractivity contribution >= 4 is 21.4 Å². The first-order valence-corrected chi connectivity index (χ1v) is 8.08. The minimum Gasteiger partial charge on any atom is -0.326 e. The molecule has 19 heavy (non-hydrogen) atoms. The Labute approximate surface area is 114 Å². The molecule has 0 saturated heterocycles. The zero-order valence-corrected chi connectivity index (χ0v) is 12.3.